The van der Waals surface area contributed by atoms with Crippen molar-refractivity contribution in [3.8, 4) is 11.5 Å². The second kappa shape index (κ2) is 14.2. The Morgan fingerprint density at radius 3 is 1.98 bits per heavy atom. The van der Waals surface area contributed by atoms with E-state index in [-0.39, 0.29) is 19.8 Å². The zero-order valence-electron chi connectivity index (χ0n) is 25.7. The summed E-state index contributed by atoms with van der Waals surface area (Å²) in [5.74, 6) is 1.37. The Balaban J connectivity index is 1.56. The van der Waals surface area contributed by atoms with Crippen molar-refractivity contribution in [1.82, 2.24) is 9.55 Å². The molecule has 0 radical (unpaired) electrons. The molecule has 1 aliphatic rings. The topological polar surface area (TPSA) is 130 Å². The van der Waals surface area contributed by atoms with Crippen LogP contribution in [0.3, 0.4) is 0 Å². The second-order valence-corrected chi connectivity index (χ2v) is 10.7. The summed E-state index contributed by atoms with van der Waals surface area (Å²) >= 11 is 0. The molecule has 2 heterocycles. The Morgan fingerprint density at radius 1 is 0.844 bits per heavy atom. The molecule has 0 aliphatic carbocycles. The average molecular weight is 619 g/mol. The van der Waals surface area contributed by atoms with E-state index < -0.39 is 41.4 Å². The van der Waals surface area contributed by atoms with E-state index in [9.17, 15) is 14.7 Å². The maximum absolute atomic E-state index is 12.9. The van der Waals surface area contributed by atoms with Gasteiger partial charge in [0.1, 0.15) is 35.4 Å². The van der Waals surface area contributed by atoms with Gasteiger partial charge in [0.15, 0.2) is 6.23 Å². The first kappa shape index (κ1) is 32.1. The number of aromatic nitrogens is 2. The summed E-state index contributed by atoms with van der Waals surface area (Å²) in [4.78, 5) is 27.2. The minimum absolute atomic E-state index is 0.0914. The summed E-state index contributed by atoms with van der Waals surface area (Å²) in [5.41, 5.74) is 0.430. The van der Waals surface area contributed by atoms with Crippen molar-refractivity contribution in [2.45, 2.75) is 37.1 Å². The van der Waals surface area contributed by atoms with Crippen molar-refractivity contribution in [2.75, 3.05) is 41.2 Å². The molecule has 45 heavy (non-hydrogen) atoms. The number of nitrogens with one attached hydrogen (secondary N) is 1. The van der Waals surface area contributed by atoms with Crippen LogP contribution in [0.4, 0.5) is 0 Å². The third-order valence-electron chi connectivity index (χ3n) is 7.97. The predicted molar refractivity (Wildman–Crippen MR) is 166 cm³/mol. The number of rotatable bonds is 13. The second-order valence-electron chi connectivity index (χ2n) is 10.7. The van der Waals surface area contributed by atoms with Gasteiger partial charge in [-0.3, -0.25) is 14.3 Å². The Hall–Kier alpha value is -4.26. The highest BCUT2D eigenvalue weighted by atomic mass is 16.6. The van der Waals surface area contributed by atoms with Crippen LogP contribution in [-0.4, -0.2) is 74.1 Å². The van der Waals surface area contributed by atoms with Gasteiger partial charge in [0.05, 0.1) is 34.0 Å². The molecule has 11 nitrogen and oxygen atoms in total. The van der Waals surface area contributed by atoms with Gasteiger partial charge in [-0.25, -0.2) is 4.79 Å². The van der Waals surface area contributed by atoms with Crippen LogP contribution < -0.4 is 20.7 Å². The molecule has 4 atom stereocenters. The van der Waals surface area contributed by atoms with E-state index in [1.54, 1.807) is 21.1 Å². The highest BCUT2D eigenvalue weighted by Gasteiger charge is 2.48. The lowest BCUT2D eigenvalue weighted by Crippen LogP contribution is -2.41. The molecule has 4 aromatic rings. The van der Waals surface area contributed by atoms with Crippen LogP contribution in [0.5, 0.6) is 11.5 Å². The van der Waals surface area contributed by atoms with E-state index in [0.717, 1.165) is 16.7 Å². The minimum atomic E-state index is -1.19. The monoisotopic (exact) mass is 618 g/mol. The number of hydrogen-bond donors (Lipinski definition) is 2. The van der Waals surface area contributed by atoms with E-state index >= 15 is 0 Å². The number of methoxy groups -OCH3 is 3. The molecule has 1 fully saturated rings. The number of hydrogen-bond acceptors (Lipinski definition) is 9. The van der Waals surface area contributed by atoms with Gasteiger partial charge in [-0.15, -0.1) is 0 Å². The Bertz CT molecular complexity index is 1610. The van der Waals surface area contributed by atoms with Crippen molar-refractivity contribution in [3.05, 3.63) is 128 Å². The molecule has 0 saturated carbocycles. The minimum Gasteiger partial charge on any atom is -0.497 e. The Kier molecular flexibility index (Phi) is 10.2. The van der Waals surface area contributed by atoms with Crippen molar-refractivity contribution in [3.63, 3.8) is 0 Å². The molecule has 3 aromatic carbocycles. The van der Waals surface area contributed by atoms with Crippen LogP contribution in [0, 0.1) is 6.92 Å². The zero-order chi connectivity index (χ0) is 32.0. The lowest BCUT2D eigenvalue weighted by atomic mass is 9.80. The summed E-state index contributed by atoms with van der Waals surface area (Å²) in [5, 5.41) is 11.5. The summed E-state index contributed by atoms with van der Waals surface area (Å²) in [7, 11) is 4.75. The fourth-order valence-corrected chi connectivity index (χ4v) is 5.58. The maximum Gasteiger partial charge on any atom is 0.330 e. The predicted octanol–water partition coefficient (Wildman–Crippen LogP) is 3.16. The summed E-state index contributed by atoms with van der Waals surface area (Å²) in [6, 6.07) is 24.9. The van der Waals surface area contributed by atoms with Crippen molar-refractivity contribution >= 4 is 0 Å². The molecule has 11 heteroatoms. The lowest BCUT2D eigenvalue weighted by molar-refractivity contribution is -0.0994. The van der Waals surface area contributed by atoms with E-state index in [1.165, 1.54) is 17.9 Å². The normalized spacial score (nSPS) is 19.8. The number of ether oxygens (including phenoxy) is 6. The smallest absolute Gasteiger partial charge is 0.330 e. The van der Waals surface area contributed by atoms with Gasteiger partial charge in [0.2, 0.25) is 0 Å². The van der Waals surface area contributed by atoms with Gasteiger partial charge in [-0.1, -0.05) is 54.6 Å². The first-order valence-electron chi connectivity index (χ1n) is 14.6. The van der Waals surface area contributed by atoms with Crippen LogP contribution in [0.1, 0.15) is 28.5 Å². The first-order valence-corrected chi connectivity index (χ1v) is 14.6. The van der Waals surface area contributed by atoms with E-state index in [1.807, 2.05) is 78.9 Å². The summed E-state index contributed by atoms with van der Waals surface area (Å²) in [6.45, 7) is 1.91. The molecule has 0 bridgehead atoms. The molecular formula is C34H38N2O9. The molecule has 238 valence electrons. The third kappa shape index (κ3) is 6.58. The largest absolute Gasteiger partial charge is 0.497 e. The van der Waals surface area contributed by atoms with Gasteiger partial charge in [0, 0.05) is 18.9 Å². The van der Waals surface area contributed by atoms with Crippen LogP contribution in [-0.2, 0) is 24.5 Å². The molecule has 5 rings (SSSR count). The molecule has 0 spiro atoms. The van der Waals surface area contributed by atoms with Crippen LogP contribution >= 0.6 is 0 Å². The van der Waals surface area contributed by atoms with E-state index in [2.05, 4.69) is 4.98 Å². The van der Waals surface area contributed by atoms with Gasteiger partial charge in [-0.2, -0.15) is 0 Å². The molecule has 0 amide bonds. The van der Waals surface area contributed by atoms with Crippen molar-refractivity contribution < 1.29 is 33.5 Å². The molecule has 1 aliphatic heterocycles. The van der Waals surface area contributed by atoms with Gasteiger partial charge in [0.25, 0.3) is 5.56 Å². The average Bonchev–Trinajstić information content (AvgIpc) is 3.38. The number of H-pyrrole nitrogens is 1. The highest BCUT2D eigenvalue weighted by Crippen LogP contribution is 2.43. The number of aliphatic hydroxyl groups excluding tert-OH is 1. The molecular weight excluding hydrogens is 580 g/mol. The van der Waals surface area contributed by atoms with E-state index in [4.69, 9.17) is 28.4 Å². The zero-order valence-corrected chi connectivity index (χ0v) is 25.7. The van der Waals surface area contributed by atoms with Crippen LogP contribution in [0.15, 0.2) is 94.6 Å². The lowest BCUT2D eigenvalue weighted by Gasteiger charge is -2.37. The molecule has 0 unspecified atom stereocenters. The number of aliphatic hydroxyl groups is 1. The summed E-state index contributed by atoms with van der Waals surface area (Å²) < 4.78 is 36.4. The van der Waals surface area contributed by atoms with E-state index in [0.29, 0.717) is 17.1 Å². The summed E-state index contributed by atoms with van der Waals surface area (Å²) in [6.07, 6.45) is -2.70. The molecule has 1 aromatic heterocycles. The number of aryl methyl sites for hydroxylation is 1. The van der Waals surface area contributed by atoms with Crippen molar-refractivity contribution in [1.29, 1.82) is 0 Å². The Labute approximate surface area is 260 Å². The highest BCUT2D eigenvalue weighted by molar-refractivity contribution is 5.49. The molecule has 1 saturated heterocycles. The van der Waals surface area contributed by atoms with Crippen molar-refractivity contribution in [2.24, 2.45) is 0 Å². The van der Waals surface area contributed by atoms with Crippen LogP contribution in [0.25, 0.3) is 0 Å². The maximum atomic E-state index is 12.9. The van der Waals surface area contributed by atoms with Gasteiger partial charge in [-0.05, 0) is 47.9 Å². The molecule has 2 N–H and O–H groups in total. The van der Waals surface area contributed by atoms with Gasteiger partial charge < -0.3 is 33.5 Å². The first-order chi connectivity index (χ1) is 21.8. The number of aromatic amines is 1. The third-order valence-corrected chi connectivity index (χ3v) is 7.97. The quantitative estimate of drug-likeness (QED) is 0.171. The fourth-order valence-electron chi connectivity index (χ4n) is 5.58. The standard InChI is InChI=1S/C34H38N2O9/c1-22-20-36(33(39)35-31(22)38)32-30(43-19-18-40-2)29(37)28(45-32)21-44-34(23-8-6-5-7-9-23,24-10-14-26(41-3)15-11-24)25-12-16-27(42-4)17-13-25/h5-17,20,28-30,32,37H,18-19,21H2,1-4H3,(H,35,38,39)/t28-,29+,30+,32+/m1/s1. The van der Waals surface area contributed by atoms with Crippen LogP contribution in [0.2, 0.25) is 0 Å². The number of benzene rings is 3. The number of nitrogens with zero attached hydrogens (tertiary/aromatic N) is 1. The SMILES string of the molecule is COCCO[C@H]1[C@@H](O)[C@@H](COC(c2ccccc2)(c2ccc(OC)cc2)c2ccc(OC)cc2)O[C@@H]1n1cc(C)c(=O)[nH]c1=O. The Morgan fingerprint density at radius 2 is 1.42 bits per heavy atom. The fraction of sp³-hybridized carbons (Fsp3) is 0.353. The van der Waals surface area contributed by atoms with Gasteiger partial charge >= 0.3 is 5.69 Å².